The first-order chi connectivity index (χ1) is 11.2. The smallest absolute Gasteiger partial charge is 0.232 e. The third-order valence-electron chi connectivity index (χ3n) is 4.17. The number of nitrogens with zero attached hydrogens (tertiary/aromatic N) is 3. The molecular formula is C16H17N3O4. The van der Waals surface area contributed by atoms with Gasteiger partial charge in [0.1, 0.15) is 0 Å². The van der Waals surface area contributed by atoms with Gasteiger partial charge >= 0.3 is 0 Å². The van der Waals surface area contributed by atoms with Crippen LogP contribution >= 0.6 is 0 Å². The molecule has 120 valence electrons. The van der Waals surface area contributed by atoms with Crippen molar-refractivity contribution < 1.29 is 18.8 Å². The summed E-state index contributed by atoms with van der Waals surface area (Å²) in [5.41, 5.74) is 1.02. The molecule has 1 aromatic heterocycles. The summed E-state index contributed by atoms with van der Waals surface area (Å²) in [6.45, 7) is 3.36. The topological polar surface area (TPSA) is 77.7 Å². The Morgan fingerprint density at radius 3 is 3.00 bits per heavy atom. The van der Waals surface area contributed by atoms with Crippen molar-refractivity contribution in [1.82, 2.24) is 15.0 Å². The van der Waals surface area contributed by atoms with E-state index in [0.29, 0.717) is 31.2 Å². The predicted molar refractivity (Wildman–Crippen MR) is 79.0 cm³/mol. The van der Waals surface area contributed by atoms with E-state index < -0.39 is 0 Å². The predicted octanol–water partition coefficient (Wildman–Crippen LogP) is 1.88. The first kappa shape index (κ1) is 14.0. The Balaban J connectivity index is 1.46. The van der Waals surface area contributed by atoms with Gasteiger partial charge in [0.2, 0.25) is 18.6 Å². The van der Waals surface area contributed by atoms with Gasteiger partial charge in [-0.2, -0.15) is 4.98 Å². The van der Waals surface area contributed by atoms with E-state index in [1.165, 1.54) is 0 Å². The van der Waals surface area contributed by atoms with Crippen LogP contribution in [-0.4, -0.2) is 34.3 Å². The third-order valence-corrected chi connectivity index (χ3v) is 4.17. The molecule has 7 heteroatoms. The normalized spacial score (nSPS) is 19.6. The molecule has 0 N–H and O–H groups in total. The number of fused-ring (bicyclic) bond motifs is 1. The minimum absolute atomic E-state index is 0.0238. The Labute approximate surface area is 133 Å². The van der Waals surface area contributed by atoms with Crippen molar-refractivity contribution >= 4 is 5.91 Å². The second-order valence-corrected chi connectivity index (χ2v) is 5.77. The van der Waals surface area contributed by atoms with E-state index in [0.717, 1.165) is 23.5 Å². The lowest BCUT2D eigenvalue weighted by atomic mass is 10.1. The standard InChI is InChI=1S/C16H17N3O4/c1-2-14-17-16(23-18-14)11-6-15(20)19(8-11)7-10-3-4-12-13(5-10)22-9-21-12/h3-5,11H,2,6-9H2,1H3/t11-/m0/s1. The molecule has 0 radical (unpaired) electrons. The first-order valence-corrected chi connectivity index (χ1v) is 7.71. The molecule has 2 aromatic rings. The molecule has 0 unspecified atom stereocenters. The Bertz CT molecular complexity index is 743. The maximum atomic E-state index is 12.3. The Morgan fingerprint density at radius 1 is 1.30 bits per heavy atom. The van der Waals surface area contributed by atoms with E-state index in [1.54, 1.807) is 0 Å². The van der Waals surface area contributed by atoms with Gasteiger partial charge in [0.15, 0.2) is 17.3 Å². The van der Waals surface area contributed by atoms with E-state index in [2.05, 4.69) is 10.1 Å². The summed E-state index contributed by atoms with van der Waals surface area (Å²) in [4.78, 5) is 18.4. The highest BCUT2D eigenvalue weighted by molar-refractivity contribution is 5.79. The van der Waals surface area contributed by atoms with Gasteiger partial charge in [-0.15, -0.1) is 0 Å². The van der Waals surface area contributed by atoms with Crippen LogP contribution in [0.15, 0.2) is 22.7 Å². The van der Waals surface area contributed by atoms with Crippen LogP contribution in [0.5, 0.6) is 11.5 Å². The zero-order valence-electron chi connectivity index (χ0n) is 12.8. The van der Waals surface area contributed by atoms with Gasteiger partial charge in [0.25, 0.3) is 0 Å². The molecular weight excluding hydrogens is 298 g/mol. The first-order valence-electron chi connectivity index (χ1n) is 7.71. The number of likely N-dealkylation sites (tertiary alicyclic amines) is 1. The number of benzene rings is 1. The second-order valence-electron chi connectivity index (χ2n) is 5.77. The zero-order valence-corrected chi connectivity index (χ0v) is 12.8. The van der Waals surface area contributed by atoms with Crippen LogP contribution < -0.4 is 9.47 Å². The summed E-state index contributed by atoms with van der Waals surface area (Å²) in [7, 11) is 0. The number of hydrogen-bond donors (Lipinski definition) is 0. The van der Waals surface area contributed by atoms with Crippen molar-refractivity contribution in [1.29, 1.82) is 0 Å². The Hall–Kier alpha value is -2.57. The fourth-order valence-corrected chi connectivity index (χ4v) is 2.93. The molecule has 1 fully saturated rings. The number of aromatic nitrogens is 2. The van der Waals surface area contributed by atoms with Crippen molar-refractivity contribution in [2.75, 3.05) is 13.3 Å². The number of rotatable bonds is 4. The second kappa shape index (κ2) is 5.57. The third kappa shape index (κ3) is 2.62. The van der Waals surface area contributed by atoms with Gasteiger partial charge in [0.05, 0.1) is 5.92 Å². The molecule has 1 aromatic carbocycles. The summed E-state index contributed by atoms with van der Waals surface area (Å²) in [5.74, 6) is 2.80. The molecule has 2 aliphatic rings. The van der Waals surface area contributed by atoms with Crippen LogP contribution in [0.3, 0.4) is 0 Å². The van der Waals surface area contributed by atoms with Crippen molar-refractivity contribution in [3.05, 3.63) is 35.5 Å². The van der Waals surface area contributed by atoms with E-state index in [4.69, 9.17) is 14.0 Å². The SMILES string of the molecule is CCc1noc([C@H]2CC(=O)N(Cc3ccc4c(c3)OCO4)C2)n1. The van der Waals surface area contributed by atoms with E-state index in [-0.39, 0.29) is 18.6 Å². The van der Waals surface area contributed by atoms with E-state index in [1.807, 2.05) is 30.0 Å². The van der Waals surface area contributed by atoms with Crippen LogP contribution in [0.25, 0.3) is 0 Å². The average molecular weight is 315 g/mol. The molecule has 2 aliphatic heterocycles. The highest BCUT2D eigenvalue weighted by atomic mass is 16.7. The summed E-state index contributed by atoms with van der Waals surface area (Å²) in [5, 5.41) is 3.91. The molecule has 0 spiro atoms. The lowest BCUT2D eigenvalue weighted by molar-refractivity contribution is -0.128. The summed E-state index contributed by atoms with van der Waals surface area (Å²) in [6, 6.07) is 5.75. The lowest BCUT2D eigenvalue weighted by Gasteiger charge is -2.16. The molecule has 0 bridgehead atoms. The molecule has 7 nitrogen and oxygen atoms in total. The van der Waals surface area contributed by atoms with Crippen molar-refractivity contribution in [2.24, 2.45) is 0 Å². The van der Waals surface area contributed by atoms with Crippen molar-refractivity contribution in [3.63, 3.8) is 0 Å². The Morgan fingerprint density at radius 2 is 2.17 bits per heavy atom. The molecule has 0 aliphatic carbocycles. The van der Waals surface area contributed by atoms with Gasteiger partial charge in [-0.05, 0) is 17.7 Å². The van der Waals surface area contributed by atoms with Crippen LogP contribution in [0.4, 0.5) is 0 Å². The van der Waals surface area contributed by atoms with Gasteiger partial charge in [-0.1, -0.05) is 18.1 Å². The largest absolute Gasteiger partial charge is 0.454 e. The molecule has 0 saturated carbocycles. The van der Waals surface area contributed by atoms with Crippen LogP contribution in [-0.2, 0) is 17.8 Å². The number of carbonyl (C=O) groups is 1. The minimum atomic E-state index is -0.0238. The molecule has 1 atom stereocenters. The Kier molecular flexibility index (Phi) is 3.40. The van der Waals surface area contributed by atoms with Crippen LogP contribution in [0.1, 0.15) is 36.5 Å². The van der Waals surface area contributed by atoms with Gasteiger partial charge in [-0.3, -0.25) is 4.79 Å². The van der Waals surface area contributed by atoms with Crippen LogP contribution in [0, 0.1) is 0 Å². The summed E-state index contributed by atoms with van der Waals surface area (Å²) < 4.78 is 15.9. The quantitative estimate of drug-likeness (QED) is 0.857. The maximum Gasteiger partial charge on any atom is 0.232 e. The average Bonchev–Trinajstić information content (AvgIpc) is 3.27. The van der Waals surface area contributed by atoms with Gasteiger partial charge in [0, 0.05) is 25.9 Å². The fourth-order valence-electron chi connectivity index (χ4n) is 2.93. The monoisotopic (exact) mass is 315 g/mol. The maximum absolute atomic E-state index is 12.3. The molecule has 23 heavy (non-hydrogen) atoms. The molecule has 3 heterocycles. The van der Waals surface area contributed by atoms with E-state index in [9.17, 15) is 4.79 Å². The summed E-state index contributed by atoms with van der Waals surface area (Å²) in [6.07, 6.45) is 1.14. The lowest BCUT2D eigenvalue weighted by Crippen LogP contribution is -2.24. The highest BCUT2D eigenvalue weighted by Crippen LogP contribution is 2.34. The molecule has 1 saturated heterocycles. The number of ether oxygens (including phenoxy) is 2. The number of amides is 1. The number of aryl methyl sites for hydroxylation is 1. The highest BCUT2D eigenvalue weighted by Gasteiger charge is 2.34. The van der Waals surface area contributed by atoms with Crippen molar-refractivity contribution in [2.45, 2.75) is 32.2 Å². The number of hydrogen-bond acceptors (Lipinski definition) is 6. The number of carbonyl (C=O) groups excluding carboxylic acids is 1. The van der Waals surface area contributed by atoms with Gasteiger partial charge in [-0.25, -0.2) is 0 Å². The molecule has 4 rings (SSSR count). The summed E-state index contributed by atoms with van der Waals surface area (Å²) >= 11 is 0. The van der Waals surface area contributed by atoms with E-state index >= 15 is 0 Å². The van der Waals surface area contributed by atoms with Crippen molar-refractivity contribution in [3.8, 4) is 11.5 Å². The zero-order chi connectivity index (χ0) is 15.8. The molecule has 1 amide bonds. The van der Waals surface area contributed by atoms with Crippen LogP contribution in [0.2, 0.25) is 0 Å². The minimum Gasteiger partial charge on any atom is -0.454 e. The van der Waals surface area contributed by atoms with Gasteiger partial charge < -0.3 is 18.9 Å². The fraction of sp³-hybridized carbons (Fsp3) is 0.438.